The molecule has 1 N–H and O–H groups in total. The summed E-state index contributed by atoms with van der Waals surface area (Å²) in [5.74, 6) is -2.26. The fourth-order valence-electron chi connectivity index (χ4n) is 2.65. The molecule has 0 spiro atoms. The van der Waals surface area contributed by atoms with Gasteiger partial charge in [0.1, 0.15) is 0 Å². The lowest BCUT2D eigenvalue weighted by Gasteiger charge is -2.32. The third-order valence-corrected chi connectivity index (χ3v) is 3.75. The van der Waals surface area contributed by atoms with E-state index in [1.807, 2.05) is 0 Å². The van der Waals surface area contributed by atoms with Crippen LogP contribution in [0.1, 0.15) is 26.2 Å². The highest BCUT2D eigenvalue weighted by molar-refractivity contribution is 5.63. The zero-order chi connectivity index (χ0) is 15.4. The lowest BCUT2D eigenvalue weighted by Crippen LogP contribution is -2.39. The molecular formula is C14H19F2N3O2. The molecule has 1 fully saturated rings. The second-order valence-electron chi connectivity index (χ2n) is 5.27. The van der Waals surface area contributed by atoms with Crippen molar-refractivity contribution >= 4 is 11.4 Å². The maximum atomic E-state index is 13.8. The Morgan fingerprint density at radius 2 is 2.05 bits per heavy atom. The van der Waals surface area contributed by atoms with Crippen LogP contribution in [0.3, 0.4) is 0 Å². The zero-order valence-corrected chi connectivity index (χ0v) is 11.9. The number of nitro benzene ring substituents is 1. The number of nitrogens with one attached hydrogen (secondary N) is 1. The van der Waals surface area contributed by atoms with E-state index < -0.39 is 22.2 Å². The van der Waals surface area contributed by atoms with E-state index in [-0.39, 0.29) is 11.7 Å². The average Bonchev–Trinajstić information content (AvgIpc) is 2.46. The van der Waals surface area contributed by atoms with Crippen molar-refractivity contribution < 1.29 is 13.7 Å². The first kappa shape index (κ1) is 15.6. The molecule has 1 aromatic rings. The number of nitro groups is 1. The second kappa shape index (κ2) is 6.80. The molecule has 116 valence electrons. The molecule has 7 heteroatoms. The maximum absolute atomic E-state index is 13.8. The van der Waals surface area contributed by atoms with Gasteiger partial charge in [0.15, 0.2) is 17.3 Å². The Morgan fingerprint density at radius 1 is 1.38 bits per heavy atom. The number of hydrogen-bond acceptors (Lipinski definition) is 4. The van der Waals surface area contributed by atoms with Crippen LogP contribution in [-0.2, 0) is 0 Å². The number of halogens is 2. The van der Waals surface area contributed by atoms with Gasteiger partial charge in [0, 0.05) is 25.2 Å². The van der Waals surface area contributed by atoms with Crippen LogP contribution < -0.4 is 5.32 Å². The van der Waals surface area contributed by atoms with Gasteiger partial charge in [-0.2, -0.15) is 0 Å². The van der Waals surface area contributed by atoms with E-state index in [2.05, 4.69) is 17.1 Å². The molecule has 1 saturated heterocycles. The van der Waals surface area contributed by atoms with Crippen LogP contribution in [0.4, 0.5) is 20.2 Å². The molecule has 0 amide bonds. The van der Waals surface area contributed by atoms with Gasteiger partial charge in [0.2, 0.25) is 0 Å². The van der Waals surface area contributed by atoms with Crippen LogP contribution in [0.5, 0.6) is 0 Å². The number of rotatable bonds is 5. The first-order chi connectivity index (χ1) is 10.0. The van der Waals surface area contributed by atoms with Crippen molar-refractivity contribution in [3.05, 3.63) is 33.9 Å². The monoisotopic (exact) mass is 299 g/mol. The predicted octanol–water partition coefficient (Wildman–Crippen LogP) is 3.16. The molecule has 1 aromatic carbocycles. The molecule has 0 unspecified atom stereocenters. The van der Waals surface area contributed by atoms with E-state index in [9.17, 15) is 18.9 Å². The Bertz CT molecular complexity index is 517. The molecule has 0 bridgehead atoms. The molecule has 0 saturated carbocycles. The summed E-state index contributed by atoms with van der Waals surface area (Å²) in [6.07, 6.45) is 2.59. The molecule has 0 aliphatic carbocycles. The molecule has 0 atom stereocenters. The SMILES string of the molecule is CCCN1CCC(Nc2c([N+](=O)[O-])ccc(F)c2F)CC1. The highest BCUT2D eigenvalue weighted by Gasteiger charge is 2.26. The quantitative estimate of drug-likeness (QED) is 0.670. The number of nitrogens with zero attached hydrogens (tertiary/aromatic N) is 2. The molecular weight excluding hydrogens is 280 g/mol. The predicted molar refractivity (Wildman–Crippen MR) is 76.4 cm³/mol. The van der Waals surface area contributed by atoms with Gasteiger partial charge in [-0.15, -0.1) is 0 Å². The van der Waals surface area contributed by atoms with Gasteiger partial charge in [0.05, 0.1) is 4.92 Å². The third-order valence-electron chi connectivity index (χ3n) is 3.75. The smallest absolute Gasteiger partial charge is 0.295 e. The Kier molecular flexibility index (Phi) is 5.06. The summed E-state index contributed by atoms with van der Waals surface area (Å²) in [5.41, 5.74) is -0.765. The van der Waals surface area contributed by atoms with Gasteiger partial charge < -0.3 is 10.2 Å². The highest BCUT2D eigenvalue weighted by Crippen LogP contribution is 2.31. The van der Waals surface area contributed by atoms with Crippen molar-refractivity contribution in [1.82, 2.24) is 4.90 Å². The minimum Gasteiger partial charge on any atom is -0.374 e. The van der Waals surface area contributed by atoms with Crippen molar-refractivity contribution in [3.8, 4) is 0 Å². The lowest BCUT2D eigenvalue weighted by molar-refractivity contribution is -0.384. The van der Waals surface area contributed by atoms with Gasteiger partial charge in [-0.05, 0) is 31.9 Å². The molecule has 2 rings (SSSR count). The number of likely N-dealkylation sites (tertiary alicyclic amines) is 1. The summed E-state index contributed by atoms with van der Waals surface area (Å²) in [5, 5.41) is 13.8. The van der Waals surface area contributed by atoms with Gasteiger partial charge in [-0.25, -0.2) is 8.78 Å². The molecule has 1 heterocycles. The highest BCUT2D eigenvalue weighted by atomic mass is 19.2. The van der Waals surface area contributed by atoms with E-state index in [0.717, 1.165) is 51.0 Å². The minimum absolute atomic E-state index is 0.0758. The van der Waals surface area contributed by atoms with Crippen LogP contribution >= 0.6 is 0 Å². The van der Waals surface area contributed by atoms with Crippen LogP contribution in [-0.4, -0.2) is 35.5 Å². The topological polar surface area (TPSA) is 58.4 Å². The Hall–Kier alpha value is -1.76. The second-order valence-corrected chi connectivity index (χ2v) is 5.27. The Morgan fingerprint density at radius 3 is 2.62 bits per heavy atom. The van der Waals surface area contributed by atoms with Gasteiger partial charge in [-0.1, -0.05) is 6.92 Å². The van der Waals surface area contributed by atoms with Crippen molar-refractivity contribution in [2.75, 3.05) is 25.0 Å². The molecule has 0 radical (unpaired) electrons. The fourth-order valence-corrected chi connectivity index (χ4v) is 2.65. The van der Waals surface area contributed by atoms with E-state index >= 15 is 0 Å². The summed E-state index contributed by atoms with van der Waals surface area (Å²) >= 11 is 0. The van der Waals surface area contributed by atoms with E-state index in [4.69, 9.17) is 0 Å². The summed E-state index contributed by atoms with van der Waals surface area (Å²) in [7, 11) is 0. The standard InChI is InChI=1S/C14H19F2N3O2/c1-2-7-18-8-5-10(6-9-18)17-14-12(19(20)21)4-3-11(15)13(14)16/h3-4,10,17H,2,5-9H2,1H3. The zero-order valence-electron chi connectivity index (χ0n) is 11.9. The summed E-state index contributed by atoms with van der Waals surface area (Å²) < 4.78 is 27.1. The maximum Gasteiger partial charge on any atom is 0.295 e. The molecule has 5 nitrogen and oxygen atoms in total. The Labute approximate surface area is 122 Å². The van der Waals surface area contributed by atoms with Crippen LogP contribution in [0.15, 0.2) is 12.1 Å². The van der Waals surface area contributed by atoms with Crippen LogP contribution in [0.25, 0.3) is 0 Å². The largest absolute Gasteiger partial charge is 0.374 e. The third kappa shape index (κ3) is 3.66. The number of benzene rings is 1. The van der Waals surface area contributed by atoms with E-state index in [1.165, 1.54) is 0 Å². The molecule has 1 aliphatic heterocycles. The van der Waals surface area contributed by atoms with Crippen molar-refractivity contribution in [2.24, 2.45) is 0 Å². The lowest BCUT2D eigenvalue weighted by atomic mass is 10.0. The van der Waals surface area contributed by atoms with E-state index in [0.29, 0.717) is 0 Å². The van der Waals surface area contributed by atoms with E-state index in [1.54, 1.807) is 0 Å². The van der Waals surface area contributed by atoms with Crippen molar-refractivity contribution in [1.29, 1.82) is 0 Å². The first-order valence-electron chi connectivity index (χ1n) is 7.14. The van der Waals surface area contributed by atoms with Gasteiger partial charge in [-0.3, -0.25) is 10.1 Å². The summed E-state index contributed by atoms with van der Waals surface area (Å²) in [4.78, 5) is 12.5. The normalized spacial score (nSPS) is 16.9. The van der Waals surface area contributed by atoms with Crippen LogP contribution in [0, 0.1) is 21.7 Å². The average molecular weight is 299 g/mol. The first-order valence-corrected chi connectivity index (χ1v) is 7.14. The van der Waals surface area contributed by atoms with Crippen molar-refractivity contribution in [2.45, 2.75) is 32.2 Å². The summed E-state index contributed by atoms with van der Waals surface area (Å²) in [6, 6.07) is 1.70. The van der Waals surface area contributed by atoms with Crippen molar-refractivity contribution in [3.63, 3.8) is 0 Å². The molecule has 1 aliphatic rings. The fraction of sp³-hybridized carbons (Fsp3) is 0.571. The number of piperidine rings is 1. The molecule has 0 aromatic heterocycles. The Balaban J connectivity index is 2.10. The molecule has 21 heavy (non-hydrogen) atoms. The van der Waals surface area contributed by atoms with Crippen LogP contribution in [0.2, 0.25) is 0 Å². The summed E-state index contributed by atoms with van der Waals surface area (Å²) in [6.45, 7) is 4.84. The number of hydrogen-bond donors (Lipinski definition) is 1. The van der Waals surface area contributed by atoms with Gasteiger partial charge >= 0.3 is 0 Å². The number of anilines is 1. The minimum atomic E-state index is -1.18. The van der Waals surface area contributed by atoms with Gasteiger partial charge in [0.25, 0.3) is 5.69 Å².